The van der Waals surface area contributed by atoms with Gasteiger partial charge in [0.1, 0.15) is 0 Å². The van der Waals surface area contributed by atoms with Crippen LogP contribution in [0, 0.1) is 13.8 Å². The van der Waals surface area contributed by atoms with Crippen LogP contribution in [0.5, 0.6) is 0 Å². The number of hydrogen-bond acceptors (Lipinski definition) is 5. The van der Waals surface area contributed by atoms with Crippen molar-refractivity contribution in [2.45, 2.75) is 31.7 Å². The van der Waals surface area contributed by atoms with E-state index in [1.807, 2.05) is 17.0 Å². The van der Waals surface area contributed by atoms with Crippen molar-refractivity contribution in [3.8, 4) is 0 Å². The third kappa shape index (κ3) is 4.06. The summed E-state index contributed by atoms with van der Waals surface area (Å²) >= 11 is 14.0. The van der Waals surface area contributed by atoms with E-state index in [0.29, 0.717) is 10.0 Å². The molecule has 2 aromatic carbocycles. The molecule has 2 atom stereocenters. The molecule has 8 heteroatoms. The molecule has 0 radical (unpaired) electrons. The Morgan fingerprint density at radius 3 is 2.46 bits per heavy atom. The monoisotopic (exact) mass is 454 g/mol. The minimum Gasteiger partial charge on any atom is -0.315 e. The average molecular weight is 455 g/mol. The second-order valence-electron chi connectivity index (χ2n) is 7.33. The number of sulfone groups is 1. The number of rotatable bonds is 3. The van der Waals surface area contributed by atoms with Crippen molar-refractivity contribution in [2.75, 3.05) is 16.4 Å². The molecule has 28 heavy (non-hydrogen) atoms. The molecule has 0 N–H and O–H groups in total. The number of aliphatic imine (C=N–C) groups is 1. The first kappa shape index (κ1) is 20.1. The van der Waals surface area contributed by atoms with Crippen molar-refractivity contribution >= 4 is 55.7 Å². The lowest BCUT2D eigenvalue weighted by Crippen LogP contribution is -2.39. The number of thioether (sulfide) groups is 1. The summed E-state index contributed by atoms with van der Waals surface area (Å²) in [6, 6.07) is 11.3. The van der Waals surface area contributed by atoms with Gasteiger partial charge in [-0.1, -0.05) is 53.2 Å². The number of hydrogen-bond donors (Lipinski definition) is 0. The molecule has 2 aliphatic heterocycles. The molecule has 2 heterocycles. The molecular formula is C20H20Cl2N2O2S2. The van der Waals surface area contributed by atoms with Crippen LogP contribution in [0.2, 0.25) is 10.0 Å². The minimum atomic E-state index is -3.09. The molecule has 0 aliphatic carbocycles. The van der Waals surface area contributed by atoms with Crippen LogP contribution < -0.4 is 4.90 Å². The number of anilines is 1. The highest BCUT2D eigenvalue weighted by molar-refractivity contribution is 8.13. The van der Waals surface area contributed by atoms with Crippen molar-refractivity contribution < 1.29 is 8.42 Å². The Balaban J connectivity index is 1.64. The van der Waals surface area contributed by atoms with Crippen molar-refractivity contribution in [1.29, 1.82) is 0 Å². The van der Waals surface area contributed by atoms with Crippen molar-refractivity contribution in [3.05, 3.63) is 63.1 Å². The van der Waals surface area contributed by atoms with Crippen LogP contribution in [0.3, 0.4) is 0 Å². The van der Waals surface area contributed by atoms with Crippen LogP contribution in [0.25, 0.3) is 0 Å². The molecule has 0 amide bonds. The quantitative estimate of drug-likeness (QED) is 0.662. The van der Waals surface area contributed by atoms with Crippen molar-refractivity contribution in [1.82, 2.24) is 0 Å². The number of benzene rings is 2. The number of fused-ring (bicyclic) bond motifs is 1. The Kier molecular flexibility index (Phi) is 5.42. The van der Waals surface area contributed by atoms with Gasteiger partial charge in [-0.2, -0.15) is 0 Å². The Morgan fingerprint density at radius 2 is 1.79 bits per heavy atom. The summed E-state index contributed by atoms with van der Waals surface area (Å²) in [4.78, 5) is 6.76. The van der Waals surface area contributed by atoms with Gasteiger partial charge in [0, 0.05) is 21.5 Å². The van der Waals surface area contributed by atoms with Gasteiger partial charge < -0.3 is 4.90 Å². The zero-order chi connectivity index (χ0) is 20.1. The van der Waals surface area contributed by atoms with Gasteiger partial charge in [0.2, 0.25) is 0 Å². The molecule has 0 spiro atoms. The second kappa shape index (κ2) is 7.56. The van der Waals surface area contributed by atoms with Crippen LogP contribution in [0.4, 0.5) is 5.69 Å². The van der Waals surface area contributed by atoms with Crippen LogP contribution in [0.15, 0.2) is 41.4 Å². The van der Waals surface area contributed by atoms with Gasteiger partial charge in [-0.3, -0.25) is 4.99 Å². The summed E-state index contributed by atoms with van der Waals surface area (Å²) in [5.74, 6) is 0.951. The zero-order valence-corrected chi connectivity index (χ0v) is 18.7. The first-order valence-corrected chi connectivity index (χ1v) is 12.5. The van der Waals surface area contributed by atoms with E-state index in [0.717, 1.165) is 16.6 Å². The number of amidine groups is 1. The summed E-state index contributed by atoms with van der Waals surface area (Å²) < 4.78 is 24.3. The lowest BCUT2D eigenvalue weighted by molar-refractivity contribution is 0.601. The fraction of sp³-hybridized carbons (Fsp3) is 0.350. The molecule has 148 valence electrons. The smallest absolute Gasteiger partial charge is 0.164 e. The maximum atomic E-state index is 12.2. The van der Waals surface area contributed by atoms with E-state index in [1.165, 1.54) is 16.7 Å². The zero-order valence-electron chi connectivity index (χ0n) is 15.5. The highest BCUT2D eigenvalue weighted by Crippen LogP contribution is 2.38. The summed E-state index contributed by atoms with van der Waals surface area (Å²) in [6.07, 6.45) is 0. The van der Waals surface area contributed by atoms with E-state index in [2.05, 4.69) is 32.0 Å². The Bertz CT molecular complexity index is 1050. The number of halogens is 2. The number of nitrogens with zero attached hydrogens (tertiary/aromatic N) is 2. The van der Waals surface area contributed by atoms with Crippen LogP contribution >= 0.6 is 35.0 Å². The van der Waals surface area contributed by atoms with E-state index >= 15 is 0 Å². The van der Waals surface area contributed by atoms with Gasteiger partial charge in [0.15, 0.2) is 15.0 Å². The average Bonchev–Trinajstić information content (AvgIpc) is 3.06. The third-order valence-electron chi connectivity index (χ3n) is 5.17. The van der Waals surface area contributed by atoms with E-state index < -0.39 is 9.84 Å². The summed E-state index contributed by atoms with van der Waals surface area (Å²) in [6.45, 7) is 4.20. The summed E-state index contributed by atoms with van der Waals surface area (Å²) in [5, 5.41) is 1.86. The normalized spacial score (nSPS) is 23.0. The Labute approximate surface area is 179 Å². The maximum absolute atomic E-state index is 12.2. The van der Waals surface area contributed by atoms with E-state index in [-0.39, 0.29) is 23.6 Å². The highest BCUT2D eigenvalue weighted by Gasteiger charge is 2.47. The van der Waals surface area contributed by atoms with Gasteiger partial charge in [-0.25, -0.2) is 8.42 Å². The predicted molar refractivity (Wildman–Crippen MR) is 120 cm³/mol. The van der Waals surface area contributed by atoms with E-state index in [9.17, 15) is 8.42 Å². The van der Waals surface area contributed by atoms with Crippen LogP contribution in [0.1, 0.15) is 16.7 Å². The first-order chi connectivity index (χ1) is 13.2. The maximum Gasteiger partial charge on any atom is 0.164 e. The predicted octanol–water partition coefficient (Wildman–Crippen LogP) is 4.89. The van der Waals surface area contributed by atoms with Crippen molar-refractivity contribution in [3.63, 3.8) is 0 Å². The van der Waals surface area contributed by atoms with Gasteiger partial charge >= 0.3 is 0 Å². The third-order valence-corrected chi connectivity index (χ3v) is 8.35. The number of aryl methyl sites for hydroxylation is 2. The molecular weight excluding hydrogens is 435 g/mol. The lowest BCUT2D eigenvalue weighted by Gasteiger charge is -2.27. The SMILES string of the molecule is Cc1ccc(CSC2=N[C@H]3CS(=O)(=O)C[C@@H]3N2c2cc(Cl)cc(Cl)c2)cc1C. The highest BCUT2D eigenvalue weighted by atomic mass is 35.5. The molecule has 4 rings (SSSR count). The molecule has 2 aromatic rings. The van der Waals surface area contributed by atoms with Crippen LogP contribution in [-0.2, 0) is 15.6 Å². The molecule has 0 saturated carbocycles. The van der Waals surface area contributed by atoms with Crippen molar-refractivity contribution in [2.24, 2.45) is 4.99 Å². The molecule has 0 bridgehead atoms. The Morgan fingerprint density at radius 1 is 1.07 bits per heavy atom. The molecule has 0 aromatic heterocycles. The standard InChI is InChI=1S/C20H20Cl2N2O2S2/c1-12-3-4-14(5-13(12)2)9-27-20-23-18-10-28(25,26)11-19(18)24(20)17-7-15(21)6-16(22)8-17/h3-8,18-19H,9-11H2,1-2H3/t18-,19-/m0/s1. The topological polar surface area (TPSA) is 49.7 Å². The van der Waals surface area contributed by atoms with Gasteiger partial charge in [0.05, 0.1) is 23.6 Å². The summed E-state index contributed by atoms with van der Waals surface area (Å²) in [5.41, 5.74) is 4.52. The fourth-order valence-electron chi connectivity index (χ4n) is 3.65. The van der Waals surface area contributed by atoms with E-state index in [4.69, 9.17) is 28.2 Å². The van der Waals surface area contributed by atoms with Gasteiger partial charge in [-0.05, 0) is 48.7 Å². The molecule has 1 saturated heterocycles. The molecule has 1 fully saturated rings. The lowest BCUT2D eigenvalue weighted by atomic mass is 10.1. The molecule has 0 unspecified atom stereocenters. The Hall–Kier alpha value is -1.21. The first-order valence-electron chi connectivity index (χ1n) is 8.94. The summed E-state index contributed by atoms with van der Waals surface area (Å²) in [7, 11) is -3.09. The van der Waals surface area contributed by atoms with Gasteiger partial charge in [-0.15, -0.1) is 0 Å². The van der Waals surface area contributed by atoms with Crippen LogP contribution in [-0.4, -0.2) is 37.2 Å². The fourth-order valence-corrected chi connectivity index (χ4v) is 7.08. The molecule has 4 nitrogen and oxygen atoms in total. The largest absolute Gasteiger partial charge is 0.315 e. The minimum absolute atomic E-state index is 0.0934. The van der Waals surface area contributed by atoms with Gasteiger partial charge in [0.25, 0.3) is 0 Å². The second-order valence-corrected chi connectivity index (χ2v) is 11.3. The van der Waals surface area contributed by atoms with E-state index in [1.54, 1.807) is 17.8 Å². The molecule has 2 aliphatic rings.